The fraction of sp³-hybridized carbons (Fsp3) is 0.318. The SMILES string of the molecule is CCN(CC(=O)Nc1ccccc1C(F)(F)F)C(=O)c1cccc(NC(=O)NC2CC2)c1. The summed E-state index contributed by atoms with van der Waals surface area (Å²) in [5.74, 6) is -1.24. The Kier molecular flexibility index (Phi) is 7.01. The van der Waals surface area contributed by atoms with E-state index in [1.807, 2.05) is 0 Å². The van der Waals surface area contributed by atoms with Gasteiger partial charge in [0.05, 0.1) is 11.3 Å². The average molecular weight is 448 g/mol. The normalized spacial score (nSPS) is 13.2. The molecule has 4 amide bonds. The summed E-state index contributed by atoms with van der Waals surface area (Å²) < 4.78 is 39.4. The Bertz CT molecular complexity index is 1010. The number of hydrogen-bond acceptors (Lipinski definition) is 3. The van der Waals surface area contributed by atoms with Gasteiger partial charge in [0.15, 0.2) is 0 Å². The van der Waals surface area contributed by atoms with Crippen molar-refractivity contribution in [2.45, 2.75) is 32.0 Å². The molecule has 170 valence electrons. The summed E-state index contributed by atoms with van der Waals surface area (Å²) in [5.41, 5.74) is -0.694. The van der Waals surface area contributed by atoms with Crippen LogP contribution in [0.2, 0.25) is 0 Å². The molecule has 2 aromatic carbocycles. The van der Waals surface area contributed by atoms with Crippen molar-refractivity contribution in [3.8, 4) is 0 Å². The summed E-state index contributed by atoms with van der Waals surface area (Å²) >= 11 is 0. The molecule has 0 heterocycles. The third kappa shape index (κ3) is 6.22. The van der Waals surface area contributed by atoms with Gasteiger partial charge < -0.3 is 20.9 Å². The van der Waals surface area contributed by atoms with Gasteiger partial charge in [-0.3, -0.25) is 9.59 Å². The van der Waals surface area contributed by atoms with Crippen molar-refractivity contribution in [1.82, 2.24) is 10.2 Å². The lowest BCUT2D eigenvalue weighted by Crippen LogP contribution is -2.38. The van der Waals surface area contributed by atoms with E-state index >= 15 is 0 Å². The van der Waals surface area contributed by atoms with Crippen LogP contribution in [0.25, 0.3) is 0 Å². The van der Waals surface area contributed by atoms with Gasteiger partial charge in [-0.15, -0.1) is 0 Å². The summed E-state index contributed by atoms with van der Waals surface area (Å²) in [6, 6.07) is 10.7. The number of carbonyl (C=O) groups is 3. The molecule has 32 heavy (non-hydrogen) atoms. The molecule has 0 radical (unpaired) electrons. The van der Waals surface area contributed by atoms with Crippen molar-refractivity contribution in [3.05, 3.63) is 59.7 Å². The molecule has 0 aromatic heterocycles. The zero-order chi connectivity index (χ0) is 23.3. The van der Waals surface area contributed by atoms with Crippen molar-refractivity contribution in [2.24, 2.45) is 0 Å². The van der Waals surface area contributed by atoms with Crippen LogP contribution in [-0.2, 0) is 11.0 Å². The molecule has 0 unspecified atom stereocenters. The first-order valence-electron chi connectivity index (χ1n) is 10.1. The van der Waals surface area contributed by atoms with Crippen LogP contribution in [0.1, 0.15) is 35.7 Å². The molecular weight excluding hydrogens is 425 g/mol. The second kappa shape index (κ2) is 9.71. The van der Waals surface area contributed by atoms with Gasteiger partial charge in [-0.25, -0.2) is 4.79 Å². The Morgan fingerprint density at radius 2 is 1.75 bits per heavy atom. The lowest BCUT2D eigenvalue weighted by molar-refractivity contribution is -0.137. The Balaban J connectivity index is 1.65. The first-order chi connectivity index (χ1) is 15.2. The Morgan fingerprint density at radius 1 is 1.03 bits per heavy atom. The topological polar surface area (TPSA) is 90.5 Å². The van der Waals surface area contributed by atoms with E-state index in [1.165, 1.54) is 29.2 Å². The van der Waals surface area contributed by atoms with Crippen molar-refractivity contribution >= 4 is 29.2 Å². The highest BCUT2D eigenvalue weighted by molar-refractivity contribution is 6.00. The number of anilines is 2. The molecule has 0 bridgehead atoms. The smallest absolute Gasteiger partial charge is 0.335 e. The van der Waals surface area contributed by atoms with Crippen molar-refractivity contribution in [3.63, 3.8) is 0 Å². The fourth-order valence-corrected chi connectivity index (χ4v) is 3.02. The number of urea groups is 1. The maximum atomic E-state index is 13.1. The van der Waals surface area contributed by atoms with Gasteiger partial charge >= 0.3 is 12.2 Å². The zero-order valence-corrected chi connectivity index (χ0v) is 17.3. The van der Waals surface area contributed by atoms with Gasteiger partial charge in [-0.2, -0.15) is 13.2 Å². The van der Waals surface area contributed by atoms with E-state index in [2.05, 4.69) is 16.0 Å². The monoisotopic (exact) mass is 448 g/mol. The van der Waals surface area contributed by atoms with Gasteiger partial charge in [0.25, 0.3) is 5.91 Å². The molecule has 1 aliphatic rings. The van der Waals surface area contributed by atoms with Crippen LogP contribution in [0, 0.1) is 0 Å². The summed E-state index contributed by atoms with van der Waals surface area (Å²) in [7, 11) is 0. The lowest BCUT2D eigenvalue weighted by Gasteiger charge is -2.21. The van der Waals surface area contributed by atoms with E-state index < -0.39 is 30.1 Å². The Morgan fingerprint density at radius 3 is 2.41 bits per heavy atom. The highest BCUT2D eigenvalue weighted by atomic mass is 19.4. The van der Waals surface area contributed by atoms with Gasteiger partial charge in [-0.1, -0.05) is 18.2 Å². The van der Waals surface area contributed by atoms with Crippen LogP contribution in [0.3, 0.4) is 0 Å². The molecule has 3 rings (SSSR count). The number of nitrogens with one attached hydrogen (secondary N) is 3. The molecule has 1 aliphatic carbocycles. The number of rotatable bonds is 7. The van der Waals surface area contributed by atoms with Crippen LogP contribution in [-0.4, -0.2) is 41.9 Å². The first kappa shape index (κ1) is 23.1. The number of alkyl halides is 3. The number of likely N-dealkylation sites (N-methyl/N-ethyl adjacent to an activating group) is 1. The van der Waals surface area contributed by atoms with E-state index in [0.717, 1.165) is 25.0 Å². The number of para-hydroxylation sites is 1. The van der Waals surface area contributed by atoms with Crippen molar-refractivity contribution in [2.75, 3.05) is 23.7 Å². The minimum Gasteiger partial charge on any atom is -0.335 e. The zero-order valence-electron chi connectivity index (χ0n) is 17.3. The van der Waals surface area contributed by atoms with Crippen LogP contribution in [0.5, 0.6) is 0 Å². The second-order valence-corrected chi connectivity index (χ2v) is 7.36. The number of halogens is 3. The standard InChI is InChI=1S/C22H23F3N4O3/c1-2-29(13-19(30)28-18-9-4-3-8-17(18)22(23,24)25)20(31)14-6-5-7-16(12-14)27-21(32)26-15-10-11-15/h3-9,12,15H,2,10-11,13H2,1H3,(H,28,30)(H2,26,27,32). The Hall–Kier alpha value is -3.56. The molecular formula is C22H23F3N4O3. The van der Waals surface area contributed by atoms with Crippen LogP contribution in [0.15, 0.2) is 48.5 Å². The number of hydrogen-bond donors (Lipinski definition) is 3. The quantitative estimate of drug-likeness (QED) is 0.596. The number of carbonyl (C=O) groups excluding carboxylic acids is 3. The number of benzene rings is 2. The third-order valence-corrected chi connectivity index (χ3v) is 4.79. The largest absolute Gasteiger partial charge is 0.418 e. The maximum Gasteiger partial charge on any atom is 0.418 e. The highest BCUT2D eigenvalue weighted by Crippen LogP contribution is 2.34. The minimum absolute atomic E-state index is 0.160. The van der Waals surface area contributed by atoms with Crippen LogP contribution in [0.4, 0.5) is 29.3 Å². The molecule has 3 N–H and O–H groups in total. The van der Waals surface area contributed by atoms with E-state index in [-0.39, 0.29) is 29.9 Å². The van der Waals surface area contributed by atoms with E-state index in [9.17, 15) is 27.6 Å². The molecule has 0 spiro atoms. The molecule has 0 saturated heterocycles. The van der Waals surface area contributed by atoms with E-state index in [4.69, 9.17) is 0 Å². The predicted molar refractivity (Wildman–Crippen MR) is 113 cm³/mol. The number of amides is 4. The second-order valence-electron chi connectivity index (χ2n) is 7.36. The summed E-state index contributed by atoms with van der Waals surface area (Å²) in [5, 5.41) is 7.66. The third-order valence-electron chi connectivity index (χ3n) is 4.79. The van der Waals surface area contributed by atoms with Gasteiger partial charge in [0.1, 0.15) is 6.54 Å². The molecule has 7 nitrogen and oxygen atoms in total. The van der Waals surface area contributed by atoms with E-state index in [1.54, 1.807) is 19.1 Å². The number of nitrogens with zero attached hydrogens (tertiary/aromatic N) is 1. The average Bonchev–Trinajstić information content (AvgIpc) is 3.55. The van der Waals surface area contributed by atoms with Crippen LogP contribution >= 0.6 is 0 Å². The molecule has 1 fully saturated rings. The molecule has 10 heteroatoms. The molecule has 0 aliphatic heterocycles. The predicted octanol–water partition coefficient (Wildman–Crippen LogP) is 4.09. The molecule has 2 aromatic rings. The minimum atomic E-state index is -4.62. The fourth-order valence-electron chi connectivity index (χ4n) is 3.02. The van der Waals surface area contributed by atoms with Gasteiger partial charge in [-0.05, 0) is 50.1 Å². The highest BCUT2D eigenvalue weighted by Gasteiger charge is 2.33. The van der Waals surface area contributed by atoms with Crippen molar-refractivity contribution < 1.29 is 27.6 Å². The Labute approximate surface area is 183 Å². The van der Waals surface area contributed by atoms with E-state index in [0.29, 0.717) is 5.69 Å². The van der Waals surface area contributed by atoms with Gasteiger partial charge in [0, 0.05) is 23.8 Å². The lowest BCUT2D eigenvalue weighted by atomic mass is 10.1. The summed E-state index contributed by atoms with van der Waals surface area (Å²) in [6.07, 6.45) is -2.75. The first-order valence-corrected chi connectivity index (χ1v) is 10.1. The van der Waals surface area contributed by atoms with Crippen LogP contribution < -0.4 is 16.0 Å². The molecule has 0 atom stereocenters. The molecule has 1 saturated carbocycles. The summed E-state index contributed by atoms with van der Waals surface area (Å²) in [6.45, 7) is 1.38. The maximum absolute atomic E-state index is 13.1. The van der Waals surface area contributed by atoms with Crippen molar-refractivity contribution in [1.29, 1.82) is 0 Å². The van der Waals surface area contributed by atoms with Gasteiger partial charge in [0.2, 0.25) is 5.91 Å². The summed E-state index contributed by atoms with van der Waals surface area (Å²) in [4.78, 5) is 38.3.